The van der Waals surface area contributed by atoms with Gasteiger partial charge in [-0.2, -0.15) is 0 Å². The summed E-state index contributed by atoms with van der Waals surface area (Å²) >= 11 is 5.78. The highest BCUT2D eigenvalue weighted by Crippen LogP contribution is 2.19. The molecule has 0 unspecified atom stereocenters. The van der Waals surface area contributed by atoms with Crippen molar-refractivity contribution in [3.05, 3.63) is 59.1 Å². The van der Waals surface area contributed by atoms with E-state index >= 15 is 0 Å². The van der Waals surface area contributed by atoms with Crippen LogP contribution in [0.3, 0.4) is 0 Å². The van der Waals surface area contributed by atoms with Crippen LogP contribution in [0.1, 0.15) is 17.3 Å². The number of hydrogen-bond donors (Lipinski definition) is 1. The van der Waals surface area contributed by atoms with Gasteiger partial charge in [0.15, 0.2) is 5.78 Å². The van der Waals surface area contributed by atoms with E-state index in [1.165, 1.54) is 19.1 Å². The summed E-state index contributed by atoms with van der Waals surface area (Å²) in [4.78, 5) is 11.2. The molecule has 4 nitrogen and oxygen atoms in total. The molecule has 0 saturated heterocycles. The lowest BCUT2D eigenvalue weighted by Gasteiger charge is -2.08. The molecule has 0 saturated carbocycles. The van der Waals surface area contributed by atoms with Gasteiger partial charge in [0, 0.05) is 16.3 Å². The Bertz CT molecular complexity index is 739. The standard InChI is InChI=1S/C14H12ClNO3S/c1-10(17)11-5-7-13(8-6-11)16-20(18,19)14-4-2-3-12(15)9-14/h2-9,16H,1H3. The molecule has 1 N–H and O–H groups in total. The van der Waals surface area contributed by atoms with Crippen LogP contribution < -0.4 is 4.72 Å². The lowest BCUT2D eigenvalue weighted by atomic mass is 10.1. The highest BCUT2D eigenvalue weighted by Gasteiger charge is 2.14. The summed E-state index contributed by atoms with van der Waals surface area (Å²) in [5.41, 5.74) is 0.908. The number of carbonyl (C=O) groups is 1. The molecule has 0 atom stereocenters. The first-order chi connectivity index (χ1) is 9.38. The third kappa shape index (κ3) is 3.37. The minimum atomic E-state index is -3.69. The van der Waals surface area contributed by atoms with Crippen LogP contribution >= 0.6 is 11.6 Å². The molecule has 104 valence electrons. The number of Topliss-reactive ketones (excluding diaryl/α,β-unsaturated/α-hetero) is 1. The van der Waals surface area contributed by atoms with Crippen molar-refractivity contribution in [3.63, 3.8) is 0 Å². The molecular weight excluding hydrogens is 298 g/mol. The van der Waals surface area contributed by atoms with E-state index in [-0.39, 0.29) is 10.7 Å². The van der Waals surface area contributed by atoms with E-state index in [0.29, 0.717) is 16.3 Å². The predicted octanol–water partition coefficient (Wildman–Crippen LogP) is 3.34. The minimum Gasteiger partial charge on any atom is -0.295 e. The first kappa shape index (κ1) is 14.6. The molecule has 0 fully saturated rings. The summed E-state index contributed by atoms with van der Waals surface area (Å²) < 4.78 is 26.7. The summed E-state index contributed by atoms with van der Waals surface area (Å²) in [6.07, 6.45) is 0. The highest BCUT2D eigenvalue weighted by atomic mass is 35.5. The maximum atomic E-state index is 12.1. The van der Waals surface area contributed by atoms with Crippen molar-refractivity contribution in [2.24, 2.45) is 0 Å². The summed E-state index contributed by atoms with van der Waals surface area (Å²) in [5.74, 6) is -0.0748. The topological polar surface area (TPSA) is 63.2 Å². The van der Waals surface area contributed by atoms with E-state index in [2.05, 4.69) is 4.72 Å². The molecule has 6 heteroatoms. The van der Waals surface area contributed by atoms with Crippen LogP contribution in [-0.4, -0.2) is 14.2 Å². The normalized spacial score (nSPS) is 11.1. The van der Waals surface area contributed by atoms with E-state index < -0.39 is 10.0 Å². The Labute approximate surface area is 122 Å². The van der Waals surface area contributed by atoms with Gasteiger partial charge >= 0.3 is 0 Å². The molecular formula is C14H12ClNO3S. The number of ketones is 1. The van der Waals surface area contributed by atoms with Gasteiger partial charge in [0.25, 0.3) is 10.0 Å². The third-order valence-electron chi connectivity index (χ3n) is 2.65. The molecule has 0 radical (unpaired) electrons. The van der Waals surface area contributed by atoms with Crippen LogP contribution in [0.5, 0.6) is 0 Å². The largest absolute Gasteiger partial charge is 0.295 e. The van der Waals surface area contributed by atoms with Crippen molar-refractivity contribution >= 4 is 33.1 Å². The van der Waals surface area contributed by atoms with Gasteiger partial charge in [0.05, 0.1) is 4.90 Å². The van der Waals surface area contributed by atoms with Crippen LogP contribution in [0.2, 0.25) is 5.02 Å². The van der Waals surface area contributed by atoms with Gasteiger partial charge in [-0.25, -0.2) is 8.42 Å². The highest BCUT2D eigenvalue weighted by molar-refractivity contribution is 7.92. The van der Waals surface area contributed by atoms with Crippen LogP contribution in [0.15, 0.2) is 53.4 Å². The van der Waals surface area contributed by atoms with Crippen molar-refractivity contribution in [3.8, 4) is 0 Å². The van der Waals surface area contributed by atoms with E-state index in [1.54, 1.807) is 36.4 Å². The fourth-order valence-electron chi connectivity index (χ4n) is 1.62. The van der Waals surface area contributed by atoms with Crippen LogP contribution in [0.4, 0.5) is 5.69 Å². The molecule has 0 heterocycles. The maximum absolute atomic E-state index is 12.1. The Morgan fingerprint density at radius 1 is 1.10 bits per heavy atom. The zero-order chi connectivity index (χ0) is 14.8. The van der Waals surface area contributed by atoms with Gasteiger partial charge in [0.1, 0.15) is 0 Å². The summed E-state index contributed by atoms with van der Waals surface area (Å²) in [7, 11) is -3.69. The Morgan fingerprint density at radius 2 is 1.75 bits per heavy atom. The van der Waals surface area contributed by atoms with Crippen molar-refractivity contribution < 1.29 is 13.2 Å². The minimum absolute atomic E-state index is 0.0748. The monoisotopic (exact) mass is 309 g/mol. The predicted molar refractivity (Wildman–Crippen MR) is 78.7 cm³/mol. The van der Waals surface area contributed by atoms with Crippen molar-refractivity contribution in [2.45, 2.75) is 11.8 Å². The number of nitrogens with one attached hydrogen (secondary N) is 1. The molecule has 0 aromatic heterocycles. The van der Waals surface area contributed by atoms with Crippen molar-refractivity contribution in [1.29, 1.82) is 0 Å². The molecule has 0 spiro atoms. The fraction of sp³-hybridized carbons (Fsp3) is 0.0714. The Hall–Kier alpha value is -1.85. The molecule has 2 rings (SSSR count). The number of rotatable bonds is 4. The molecule has 2 aromatic rings. The first-order valence-electron chi connectivity index (χ1n) is 5.78. The molecule has 0 bridgehead atoms. The quantitative estimate of drug-likeness (QED) is 0.881. The van der Waals surface area contributed by atoms with E-state index in [4.69, 9.17) is 11.6 Å². The van der Waals surface area contributed by atoms with Crippen molar-refractivity contribution in [2.75, 3.05) is 4.72 Å². The SMILES string of the molecule is CC(=O)c1ccc(NS(=O)(=O)c2cccc(Cl)c2)cc1. The van der Waals surface area contributed by atoms with Gasteiger partial charge in [-0.3, -0.25) is 9.52 Å². The second-order valence-electron chi connectivity index (χ2n) is 4.20. The van der Waals surface area contributed by atoms with E-state index in [1.807, 2.05) is 0 Å². The number of anilines is 1. The lowest BCUT2D eigenvalue weighted by Crippen LogP contribution is -2.12. The van der Waals surface area contributed by atoms with Crippen LogP contribution in [0, 0.1) is 0 Å². The van der Waals surface area contributed by atoms with Gasteiger partial charge in [-0.15, -0.1) is 0 Å². The van der Waals surface area contributed by atoms with E-state index in [0.717, 1.165) is 0 Å². The van der Waals surface area contributed by atoms with Gasteiger partial charge in [-0.05, 0) is 49.4 Å². The fourth-order valence-corrected chi connectivity index (χ4v) is 2.98. The second-order valence-corrected chi connectivity index (χ2v) is 6.32. The van der Waals surface area contributed by atoms with Gasteiger partial charge in [0.2, 0.25) is 0 Å². The number of carbonyl (C=O) groups excluding carboxylic acids is 1. The van der Waals surface area contributed by atoms with Gasteiger partial charge in [-0.1, -0.05) is 17.7 Å². The average molecular weight is 310 g/mol. The Balaban J connectivity index is 2.26. The summed E-state index contributed by atoms with van der Waals surface area (Å²) in [6.45, 7) is 1.45. The maximum Gasteiger partial charge on any atom is 0.261 e. The molecule has 0 aliphatic rings. The van der Waals surface area contributed by atoms with Gasteiger partial charge < -0.3 is 0 Å². The summed E-state index contributed by atoms with van der Waals surface area (Å²) in [6, 6.07) is 12.2. The van der Waals surface area contributed by atoms with E-state index in [9.17, 15) is 13.2 Å². The Kier molecular flexibility index (Phi) is 4.11. The average Bonchev–Trinajstić information content (AvgIpc) is 2.39. The molecule has 20 heavy (non-hydrogen) atoms. The van der Waals surface area contributed by atoms with Crippen LogP contribution in [0.25, 0.3) is 0 Å². The number of sulfonamides is 1. The molecule has 0 amide bonds. The Morgan fingerprint density at radius 3 is 2.30 bits per heavy atom. The lowest BCUT2D eigenvalue weighted by molar-refractivity contribution is 0.101. The number of hydrogen-bond acceptors (Lipinski definition) is 3. The third-order valence-corrected chi connectivity index (χ3v) is 4.26. The van der Waals surface area contributed by atoms with Crippen LogP contribution in [-0.2, 0) is 10.0 Å². The zero-order valence-corrected chi connectivity index (χ0v) is 12.2. The summed E-state index contributed by atoms with van der Waals surface area (Å²) in [5, 5.41) is 0.347. The van der Waals surface area contributed by atoms with Crippen molar-refractivity contribution in [1.82, 2.24) is 0 Å². The molecule has 0 aliphatic heterocycles. The smallest absolute Gasteiger partial charge is 0.261 e. The second kappa shape index (κ2) is 5.64. The first-order valence-corrected chi connectivity index (χ1v) is 7.64. The zero-order valence-electron chi connectivity index (χ0n) is 10.6. The number of halogens is 1. The number of benzene rings is 2. The molecule has 0 aliphatic carbocycles. The molecule has 2 aromatic carbocycles.